The molecule has 9 fully saturated rings. The van der Waals surface area contributed by atoms with Crippen molar-refractivity contribution in [1.29, 1.82) is 0 Å². The van der Waals surface area contributed by atoms with Gasteiger partial charge in [0.1, 0.15) is 97.7 Å². The van der Waals surface area contributed by atoms with Crippen LogP contribution in [0.2, 0.25) is 0 Å². The SMILES string of the molecule is COc1ccc(/C=C/C(=O)O[C@@H]2[C@H](O[C@@H]3O[C@H](CO)[C@@H](O)[C@H](O)[C@H]3O)[C@@H](O[C@@H]3O[C@@H](C)[C@H](O[C@@H]4OC[C@@H](O)[C@H](O)[C@H]4O)[C@@H](O)[C@H]3O)[C@H](OC(=O)[C@]34CCC(C)(C)C[C@H]3C3=CC[C@@H]5[C@@]6(C)C[C@H](O)[C@H](O[C@@H]7O[C@H](CO)[C@@H](O)[C@H](O)[C@H]7O)[C@@](C)(C(=O)O)[C@@H]6CC[C@@]5(C)[C@]3(CO)CC4)O[C@@H]2C)cc1OC. The quantitative estimate of drug-likeness (QED) is 0.0302. The van der Waals surface area contributed by atoms with Crippen LogP contribution in [0.25, 0.3) is 6.08 Å². The van der Waals surface area contributed by atoms with Crippen molar-refractivity contribution in [3.8, 4) is 11.5 Å². The molecule has 32 nitrogen and oxygen atoms in total. The minimum atomic E-state index is -2.13. The molecule has 34 atom stereocenters. The number of carboxylic acid groups (broad SMARTS) is 1. The van der Waals surface area contributed by atoms with E-state index in [2.05, 4.69) is 20.8 Å². The molecule has 5 aliphatic carbocycles. The third kappa shape index (κ3) is 13.6. The second-order valence-corrected chi connectivity index (χ2v) is 31.3. The van der Waals surface area contributed by atoms with Crippen molar-refractivity contribution < 1.29 is 158 Å². The van der Waals surface area contributed by atoms with Crippen molar-refractivity contribution in [3.05, 3.63) is 41.5 Å². The molecule has 576 valence electrons. The lowest BCUT2D eigenvalue weighted by Crippen LogP contribution is -2.71. The predicted molar refractivity (Wildman–Crippen MR) is 344 cm³/mol. The van der Waals surface area contributed by atoms with Crippen molar-refractivity contribution in [3.63, 3.8) is 0 Å². The van der Waals surface area contributed by atoms with Crippen LogP contribution in [0, 0.1) is 50.2 Å². The Morgan fingerprint density at radius 2 is 1.14 bits per heavy atom. The Bertz CT molecular complexity index is 3190. The lowest BCUT2D eigenvalue weighted by atomic mass is 9.33. The third-order valence-electron chi connectivity index (χ3n) is 25.1. The summed E-state index contributed by atoms with van der Waals surface area (Å²) in [7, 11) is 2.87. The van der Waals surface area contributed by atoms with E-state index in [1.165, 1.54) is 41.1 Å². The van der Waals surface area contributed by atoms with Gasteiger partial charge in [-0.1, -0.05) is 45.4 Å². The van der Waals surface area contributed by atoms with Gasteiger partial charge < -0.3 is 143 Å². The highest BCUT2D eigenvalue weighted by Crippen LogP contribution is 2.76. The van der Waals surface area contributed by atoms with Gasteiger partial charge in [-0.2, -0.15) is 0 Å². The molecule has 16 N–H and O–H groups in total. The fourth-order valence-electron chi connectivity index (χ4n) is 19.3. The molecule has 0 spiro atoms. The van der Waals surface area contributed by atoms with E-state index in [0.29, 0.717) is 42.7 Å². The van der Waals surface area contributed by atoms with Gasteiger partial charge in [0.05, 0.1) is 69.8 Å². The van der Waals surface area contributed by atoms with E-state index in [0.717, 1.165) is 11.6 Å². The normalized spacial score (nSPS) is 48.6. The number of fused-ring (bicyclic) bond motifs is 7. The molecule has 11 rings (SSSR count). The van der Waals surface area contributed by atoms with Crippen LogP contribution in [0.1, 0.15) is 112 Å². The minimum Gasteiger partial charge on any atom is -0.493 e. The Morgan fingerprint density at radius 1 is 0.569 bits per heavy atom. The number of methoxy groups -OCH3 is 2. The van der Waals surface area contributed by atoms with Gasteiger partial charge in [-0.15, -0.1) is 0 Å². The van der Waals surface area contributed by atoms with E-state index in [-0.39, 0.29) is 32.1 Å². The molecule has 1 aromatic rings. The van der Waals surface area contributed by atoms with Gasteiger partial charge in [0, 0.05) is 11.5 Å². The first kappa shape index (κ1) is 78.8. The molecule has 0 aromatic heterocycles. The molecule has 10 aliphatic rings. The number of benzene rings is 1. The van der Waals surface area contributed by atoms with Crippen LogP contribution in [0.3, 0.4) is 0 Å². The van der Waals surface area contributed by atoms with Crippen LogP contribution in [-0.2, 0) is 66.5 Å². The number of rotatable bonds is 19. The number of aliphatic hydroxyl groups excluding tert-OH is 15. The predicted octanol–water partition coefficient (Wildman–Crippen LogP) is -2.23. The van der Waals surface area contributed by atoms with E-state index in [1.807, 2.05) is 13.0 Å². The molecular formula is C70H104O32. The molecule has 5 aliphatic heterocycles. The van der Waals surface area contributed by atoms with Crippen molar-refractivity contribution in [2.24, 2.45) is 50.2 Å². The lowest BCUT2D eigenvalue weighted by molar-refractivity contribution is -0.391. The average molecular weight is 1460 g/mol. The molecule has 0 radical (unpaired) electrons. The molecule has 5 saturated heterocycles. The van der Waals surface area contributed by atoms with Gasteiger partial charge in [0.2, 0.25) is 6.29 Å². The molecule has 4 saturated carbocycles. The zero-order chi connectivity index (χ0) is 74.4. The van der Waals surface area contributed by atoms with Gasteiger partial charge in [0.15, 0.2) is 48.9 Å². The van der Waals surface area contributed by atoms with E-state index >= 15 is 4.79 Å². The first-order valence-corrected chi connectivity index (χ1v) is 35.2. The van der Waals surface area contributed by atoms with Crippen LogP contribution in [0.5, 0.6) is 11.5 Å². The number of hydrogen-bond acceptors (Lipinski definition) is 31. The van der Waals surface area contributed by atoms with Crippen LogP contribution in [0.4, 0.5) is 0 Å². The number of carbonyl (C=O) groups is 3. The van der Waals surface area contributed by atoms with Gasteiger partial charge in [-0.25, -0.2) is 4.79 Å². The summed E-state index contributed by atoms with van der Waals surface area (Å²) in [6.45, 7) is 9.87. The highest BCUT2D eigenvalue weighted by Gasteiger charge is 2.74. The lowest BCUT2D eigenvalue weighted by Gasteiger charge is -2.71. The standard InChI is InChI=1S/C70H104O32/c1-29-53(98-58-49(83)43(77)35(75)27-92-58)48(82)52(86)59(93-29)100-56-55(99-60-50(84)46(80)44(78)38(25-71)95-60)54(97-42(76)15-11-31-10-13-36(90-8)37(22-31)91-9)30(2)94-62(56)102-64(89)69-19-18-65(3,4)23-33(69)32-12-14-40-66(5)24-34(74)57(101-61-51(85)47(81)45(79)39(26-72)96-61)68(7,63(87)88)41(66)16-17-67(40,6)70(32,28-73)21-20-69/h10-13,15,22,29-30,33-35,38-41,43-62,71-75,77-86H,14,16-21,23-28H2,1-9H3,(H,87,88)/b15-11+/t29-,30+,33-,34-,35+,38+,39+,40+,41+,43-,44+,45+,46-,47-,48-,49+,50+,51+,52+,53-,54-,55-,56+,57-,58-,59-,60-,61-,62-,66+,67+,68-,69-,70-/m0/s1. The molecular weight excluding hydrogens is 1350 g/mol. The molecule has 32 heteroatoms. The molecule has 0 unspecified atom stereocenters. The first-order valence-electron chi connectivity index (χ1n) is 35.2. The average Bonchev–Trinajstić information content (AvgIpc) is 0.669. The number of ether oxygens (including phenoxy) is 13. The smallest absolute Gasteiger partial charge is 0.331 e. The molecule has 5 heterocycles. The minimum absolute atomic E-state index is 0.0218. The van der Waals surface area contributed by atoms with E-state index in [1.54, 1.807) is 18.2 Å². The summed E-state index contributed by atoms with van der Waals surface area (Å²) in [6.07, 6.45) is -39.2. The maximum absolute atomic E-state index is 16.3. The maximum Gasteiger partial charge on any atom is 0.331 e. The summed E-state index contributed by atoms with van der Waals surface area (Å²) in [6, 6.07) is 4.80. The zero-order valence-electron chi connectivity index (χ0n) is 58.6. The fourth-order valence-corrected chi connectivity index (χ4v) is 19.3. The Morgan fingerprint density at radius 3 is 1.75 bits per heavy atom. The number of allylic oxidation sites excluding steroid dienone is 1. The highest BCUT2D eigenvalue weighted by atomic mass is 16.8. The van der Waals surface area contributed by atoms with Gasteiger partial charge in [0.25, 0.3) is 0 Å². The van der Waals surface area contributed by atoms with E-state index in [4.69, 9.17) is 61.6 Å². The Hall–Kier alpha value is -4.25. The van der Waals surface area contributed by atoms with Crippen molar-refractivity contribution in [2.75, 3.05) is 40.6 Å². The van der Waals surface area contributed by atoms with Crippen molar-refractivity contribution in [2.45, 2.75) is 266 Å². The van der Waals surface area contributed by atoms with E-state index in [9.17, 15) is 91.3 Å². The first-order chi connectivity index (χ1) is 48.0. The summed E-state index contributed by atoms with van der Waals surface area (Å²) < 4.78 is 78.9. The van der Waals surface area contributed by atoms with Gasteiger partial charge in [-0.05, 0) is 136 Å². The molecule has 102 heavy (non-hydrogen) atoms. The second-order valence-electron chi connectivity index (χ2n) is 31.3. The maximum atomic E-state index is 16.3. The Balaban J connectivity index is 0.946. The highest BCUT2D eigenvalue weighted by molar-refractivity contribution is 5.87. The number of carbonyl (C=O) groups excluding carboxylic acids is 2. The topological polar surface area (TPSA) is 495 Å². The number of hydrogen-bond donors (Lipinski definition) is 16. The van der Waals surface area contributed by atoms with Crippen LogP contribution in [-0.4, -0.2) is 300 Å². The monoisotopic (exact) mass is 1460 g/mol. The largest absolute Gasteiger partial charge is 0.493 e. The van der Waals surface area contributed by atoms with Crippen LogP contribution in [0.15, 0.2) is 35.9 Å². The zero-order valence-corrected chi connectivity index (χ0v) is 58.6. The third-order valence-corrected chi connectivity index (χ3v) is 25.1. The number of aliphatic hydroxyl groups is 15. The van der Waals surface area contributed by atoms with Crippen molar-refractivity contribution >= 4 is 24.0 Å². The van der Waals surface area contributed by atoms with E-state index < -0.39 is 254 Å². The van der Waals surface area contributed by atoms with Crippen LogP contribution < -0.4 is 9.47 Å². The number of carboxylic acids is 1. The fraction of sp³-hybridized carbons (Fsp3) is 0.814. The van der Waals surface area contributed by atoms with Gasteiger partial charge in [-0.3, -0.25) is 9.59 Å². The van der Waals surface area contributed by atoms with Crippen LogP contribution >= 0.6 is 0 Å². The Kier molecular flexibility index (Phi) is 23.2. The van der Waals surface area contributed by atoms with Crippen molar-refractivity contribution in [1.82, 2.24) is 0 Å². The molecule has 0 bridgehead atoms. The summed E-state index contributed by atoms with van der Waals surface area (Å²) in [4.78, 5) is 44.6. The summed E-state index contributed by atoms with van der Waals surface area (Å²) in [5, 5.41) is 178. The molecule has 0 amide bonds. The summed E-state index contributed by atoms with van der Waals surface area (Å²) in [5.41, 5.74) is -5.43. The molecule has 1 aromatic carbocycles. The van der Waals surface area contributed by atoms with Gasteiger partial charge >= 0.3 is 17.9 Å². The number of aliphatic carboxylic acids is 1. The Labute approximate surface area is 589 Å². The number of esters is 2. The second kappa shape index (κ2) is 30.1. The summed E-state index contributed by atoms with van der Waals surface area (Å²) in [5.74, 6) is -4.28. The summed E-state index contributed by atoms with van der Waals surface area (Å²) >= 11 is 0.